The number of hydrogen-bond donors (Lipinski definition) is 1. The molecule has 1 N–H and O–H groups in total. The molecule has 0 aromatic carbocycles. The van der Waals surface area contributed by atoms with Gasteiger partial charge < -0.3 is 10.1 Å². The molecule has 0 aromatic rings. The maximum absolute atomic E-state index is 12.0. The van der Waals surface area contributed by atoms with Crippen molar-refractivity contribution in [1.29, 1.82) is 0 Å². The van der Waals surface area contributed by atoms with Crippen LogP contribution < -0.4 is 5.32 Å². The van der Waals surface area contributed by atoms with Crippen molar-refractivity contribution in [2.24, 2.45) is 5.41 Å². The van der Waals surface area contributed by atoms with Gasteiger partial charge in [-0.05, 0) is 31.6 Å². The molecular formula is C14H29NO2. The van der Waals surface area contributed by atoms with Gasteiger partial charge in [-0.3, -0.25) is 4.79 Å². The second kappa shape index (κ2) is 6.39. The maximum Gasteiger partial charge on any atom is 0.252 e. The monoisotopic (exact) mass is 243 g/mol. The second-order valence-electron chi connectivity index (χ2n) is 5.61. The summed E-state index contributed by atoms with van der Waals surface area (Å²) < 4.78 is 5.34. The highest BCUT2D eigenvalue weighted by Crippen LogP contribution is 2.35. The first-order chi connectivity index (χ1) is 7.82. The van der Waals surface area contributed by atoms with Crippen molar-refractivity contribution in [3.8, 4) is 0 Å². The van der Waals surface area contributed by atoms with Gasteiger partial charge in [0, 0.05) is 13.2 Å². The van der Waals surface area contributed by atoms with Gasteiger partial charge in [0.2, 0.25) is 0 Å². The van der Waals surface area contributed by atoms with Gasteiger partial charge in [0.25, 0.3) is 5.91 Å². The lowest BCUT2D eigenvalue weighted by Crippen LogP contribution is -2.56. The molecule has 1 unspecified atom stereocenters. The number of ether oxygens (including phenoxy) is 1. The Morgan fingerprint density at radius 1 is 1.29 bits per heavy atom. The molecule has 0 radical (unpaired) electrons. The summed E-state index contributed by atoms with van der Waals surface area (Å²) in [5.41, 5.74) is -0.437. The molecule has 102 valence electrons. The molecule has 3 heteroatoms. The van der Waals surface area contributed by atoms with E-state index in [0.29, 0.717) is 0 Å². The largest absolute Gasteiger partial charge is 0.368 e. The Balaban J connectivity index is 0.00000121. The van der Waals surface area contributed by atoms with Gasteiger partial charge in [0.05, 0.1) is 0 Å². The average Bonchev–Trinajstić information content (AvgIpc) is 2.18. The van der Waals surface area contributed by atoms with Gasteiger partial charge in [-0.25, -0.2) is 0 Å². The number of nitrogens with one attached hydrogen (secondary N) is 1. The Bertz CT molecular complexity index is 234. The lowest BCUT2D eigenvalue weighted by atomic mass is 9.78. The van der Waals surface area contributed by atoms with Crippen molar-refractivity contribution >= 4 is 5.91 Å². The van der Waals surface area contributed by atoms with Crippen molar-refractivity contribution in [1.82, 2.24) is 5.32 Å². The van der Waals surface area contributed by atoms with Crippen LogP contribution in [0.3, 0.4) is 0 Å². The van der Waals surface area contributed by atoms with Gasteiger partial charge in [-0.1, -0.05) is 34.6 Å². The summed E-state index contributed by atoms with van der Waals surface area (Å²) in [6.07, 6.45) is 2.80. The van der Waals surface area contributed by atoms with E-state index in [0.717, 1.165) is 19.3 Å². The summed E-state index contributed by atoms with van der Waals surface area (Å²) in [5.74, 6) is 0.0543. The van der Waals surface area contributed by atoms with Crippen LogP contribution >= 0.6 is 0 Å². The number of rotatable bonds is 3. The van der Waals surface area contributed by atoms with Crippen LogP contribution in [0.1, 0.15) is 60.8 Å². The second-order valence-corrected chi connectivity index (χ2v) is 5.61. The molecule has 1 saturated carbocycles. The Kier molecular flexibility index (Phi) is 6.17. The number of hydrogen-bond acceptors (Lipinski definition) is 2. The van der Waals surface area contributed by atoms with Crippen LogP contribution in [0.25, 0.3) is 0 Å². The summed E-state index contributed by atoms with van der Waals surface area (Å²) in [7, 11) is 1.63. The predicted octanol–water partition coefficient (Wildman–Crippen LogP) is 3.13. The molecule has 0 saturated heterocycles. The van der Waals surface area contributed by atoms with E-state index in [4.69, 9.17) is 4.74 Å². The third-order valence-corrected chi connectivity index (χ3v) is 3.61. The van der Waals surface area contributed by atoms with Crippen molar-refractivity contribution < 1.29 is 9.53 Å². The van der Waals surface area contributed by atoms with Crippen molar-refractivity contribution in [2.45, 2.75) is 72.4 Å². The van der Waals surface area contributed by atoms with E-state index in [1.807, 2.05) is 20.8 Å². The van der Waals surface area contributed by atoms with E-state index in [9.17, 15) is 4.79 Å². The fourth-order valence-electron chi connectivity index (χ4n) is 1.57. The summed E-state index contributed by atoms with van der Waals surface area (Å²) in [6, 6.07) is 0.164. The molecule has 1 aliphatic rings. The molecular weight excluding hydrogens is 214 g/mol. The fraction of sp³-hybridized carbons (Fsp3) is 0.929. The van der Waals surface area contributed by atoms with E-state index < -0.39 is 5.60 Å². The Morgan fingerprint density at radius 3 is 2.00 bits per heavy atom. The quantitative estimate of drug-likeness (QED) is 0.827. The summed E-state index contributed by atoms with van der Waals surface area (Å²) >= 11 is 0. The van der Waals surface area contributed by atoms with E-state index in [2.05, 4.69) is 26.1 Å². The zero-order valence-electron chi connectivity index (χ0n) is 12.5. The van der Waals surface area contributed by atoms with Crippen LogP contribution in [0.4, 0.5) is 0 Å². The highest BCUT2D eigenvalue weighted by Gasteiger charge is 2.45. The molecule has 0 aromatic heterocycles. The molecule has 1 rings (SSSR count). The zero-order chi connectivity index (χ0) is 13.7. The van der Waals surface area contributed by atoms with Crippen molar-refractivity contribution in [3.05, 3.63) is 0 Å². The van der Waals surface area contributed by atoms with Crippen molar-refractivity contribution in [3.63, 3.8) is 0 Å². The SMILES string of the molecule is CC.COC1(C(=O)NC(C)C(C)(C)C)CCC1. The highest BCUT2D eigenvalue weighted by atomic mass is 16.5. The van der Waals surface area contributed by atoms with Gasteiger partial charge in [-0.15, -0.1) is 0 Å². The Labute approximate surface area is 106 Å². The van der Waals surface area contributed by atoms with Gasteiger partial charge in [-0.2, -0.15) is 0 Å². The minimum Gasteiger partial charge on any atom is -0.368 e. The molecule has 3 nitrogen and oxygen atoms in total. The summed E-state index contributed by atoms with van der Waals surface area (Å²) in [4.78, 5) is 12.0. The smallest absolute Gasteiger partial charge is 0.252 e. The first kappa shape index (κ1) is 16.4. The normalized spacial score (nSPS) is 19.5. The van der Waals surface area contributed by atoms with Crippen LogP contribution in [0.15, 0.2) is 0 Å². The van der Waals surface area contributed by atoms with Gasteiger partial charge >= 0.3 is 0 Å². The predicted molar refractivity (Wildman–Crippen MR) is 72.0 cm³/mol. The van der Waals surface area contributed by atoms with Gasteiger partial charge in [0.1, 0.15) is 5.60 Å². The minimum atomic E-state index is -0.528. The zero-order valence-corrected chi connectivity index (χ0v) is 12.5. The molecule has 0 heterocycles. The standard InChI is InChI=1S/C12H23NO2.C2H6/c1-9(11(2,3)4)13-10(14)12(15-5)7-6-8-12;1-2/h9H,6-8H2,1-5H3,(H,13,14);1-2H3. The lowest BCUT2D eigenvalue weighted by molar-refractivity contribution is -0.155. The van der Waals surface area contributed by atoms with E-state index in [1.54, 1.807) is 7.11 Å². The third kappa shape index (κ3) is 3.98. The Morgan fingerprint density at radius 2 is 1.76 bits per heavy atom. The Hall–Kier alpha value is -0.570. The van der Waals surface area contributed by atoms with Gasteiger partial charge in [0.15, 0.2) is 0 Å². The third-order valence-electron chi connectivity index (χ3n) is 3.61. The molecule has 1 aliphatic carbocycles. The fourth-order valence-corrected chi connectivity index (χ4v) is 1.57. The number of amides is 1. The van der Waals surface area contributed by atoms with Crippen LogP contribution in [0.5, 0.6) is 0 Å². The van der Waals surface area contributed by atoms with E-state index >= 15 is 0 Å². The van der Waals surface area contributed by atoms with E-state index in [1.165, 1.54) is 0 Å². The average molecular weight is 243 g/mol. The number of carbonyl (C=O) groups excluding carboxylic acids is 1. The lowest BCUT2D eigenvalue weighted by Gasteiger charge is -2.40. The number of carbonyl (C=O) groups is 1. The molecule has 0 bridgehead atoms. The molecule has 1 amide bonds. The topological polar surface area (TPSA) is 38.3 Å². The summed E-state index contributed by atoms with van der Waals surface area (Å²) in [6.45, 7) is 12.4. The van der Waals surface area contributed by atoms with Crippen LogP contribution in [-0.4, -0.2) is 24.7 Å². The first-order valence-corrected chi connectivity index (χ1v) is 6.68. The number of methoxy groups -OCH3 is 1. The molecule has 0 spiro atoms. The molecule has 1 fully saturated rings. The summed E-state index contributed by atoms with van der Waals surface area (Å²) in [5, 5.41) is 3.05. The minimum absolute atomic E-state index is 0.0543. The maximum atomic E-state index is 12.0. The molecule has 1 atom stereocenters. The molecule has 17 heavy (non-hydrogen) atoms. The van der Waals surface area contributed by atoms with E-state index in [-0.39, 0.29) is 17.4 Å². The van der Waals surface area contributed by atoms with Crippen LogP contribution in [0, 0.1) is 5.41 Å². The van der Waals surface area contributed by atoms with Crippen LogP contribution in [0.2, 0.25) is 0 Å². The molecule has 0 aliphatic heterocycles. The van der Waals surface area contributed by atoms with Crippen molar-refractivity contribution in [2.75, 3.05) is 7.11 Å². The highest BCUT2D eigenvalue weighted by molar-refractivity contribution is 5.86. The van der Waals surface area contributed by atoms with Crippen LogP contribution in [-0.2, 0) is 9.53 Å². The first-order valence-electron chi connectivity index (χ1n) is 6.68.